The first-order valence-electron chi connectivity index (χ1n) is 13.3. The van der Waals surface area contributed by atoms with Gasteiger partial charge in [-0.2, -0.15) is 0 Å². The van der Waals surface area contributed by atoms with E-state index >= 15 is 0 Å². The minimum Gasteiger partial charge on any atom is -0.461 e. The van der Waals surface area contributed by atoms with Crippen molar-refractivity contribution in [3.8, 4) is 0 Å². The number of nitrogens with two attached hydrogens (primary N) is 2. The SMILES string of the molecule is C[C@]12CC[C@H](OC(=O)[C@H](N)CCC(N)=O)CC1=CC[C@@H]1[C@@H]2CC[C@]2(C)C(c3cccnc3)=CC[C@@H]12. The van der Waals surface area contributed by atoms with E-state index in [2.05, 4.69) is 37.0 Å². The average molecular weight is 478 g/mol. The lowest BCUT2D eigenvalue weighted by atomic mass is 9.47. The molecule has 7 atom stereocenters. The van der Waals surface area contributed by atoms with Crippen LogP contribution in [0.1, 0.15) is 77.2 Å². The van der Waals surface area contributed by atoms with Crippen LogP contribution in [0.4, 0.5) is 0 Å². The second-order valence-corrected chi connectivity index (χ2v) is 11.7. The topological polar surface area (TPSA) is 108 Å². The summed E-state index contributed by atoms with van der Waals surface area (Å²) in [5, 5.41) is 0. The molecule has 0 spiro atoms. The Morgan fingerprint density at radius 1 is 1.14 bits per heavy atom. The summed E-state index contributed by atoms with van der Waals surface area (Å²) in [4.78, 5) is 27.9. The molecule has 1 amide bonds. The summed E-state index contributed by atoms with van der Waals surface area (Å²) in [6.07, 6.45) is 16.5. The van der Waals surface area contributed by atoms with Crippen LogP contribution in [-0.4, -0.2) is 29.0 Å². The van der Waals surface area contributed by atoms with E-state index in [1.165, 1.54) is 29.6 Å². The summed E-state index contributed by atoms with van der Waals surface area (Å²) in [5.41, 5.74) is 15.8. The van der Waals surface area contributed by atoms with Crippen LogP contribution < -0.4 is 11.5 Å². The first-order valence-corrected chi connectivity index (χ1v) is 13.3. The van der Waals surface area contributed by atoms with E-state index in [1.807, 2.05) is 18.5 Å². The van der Waals surface area contributed by atoms with Gasteiger partial charge in [0.15, 0.2) is 0 Å². The van der Waals surface area contributed by atoms with Gasteiger partial charge in [0.25, 0.3) is 0 Å². The van der Waals surface area contributed by atoms with Crippen LogP contribution >= 0.6 is 0 Å². The molecule has 0 radical (unpaired) electrons. The molecule has 0 aromatic carbocycles. The fraction of sp³-hybridized carbons (Fsp3) is 0.621. The van der Waals surface area contributed by atoms with Crippen molar-refractivity contribution in [1.82, 2.24) is 4.98 Å². The number of carbonyl (C=O) groups is 2. The number of aromatic nitrogens is 1. The van der Waals surface area contributed by atoms with Crippen LogP contribution in [0.15, 0.2) is 42.3 Å². The van der Waals surface area contributed by atoms with E-state index in [9.17, 15) is 9.59 Å². The summed E-state index contributed by atoms with van der Waals surface area (Å²) in [5.74, 6) is 1.18. The number of ether oxygens (including phenoxy) is 1. The molecule has 0 aliphatic heterocycles. The number of hydrogen-bond acceptors (Lipinski definition) is 5. The maximum absolute atomic E-state index is 12.5. The van der Waals surface area contributed by atoms with Gasteiger partial charge in [-0.25, -0.2) is 0 Å². The van der Waals surface area contributed by atoms with E-state index in [4.69, 9.17) is 16.2 Å². The van der Waals surface area contributed by atoms with Gasteiger partial charge < -0.3 is 16.2 Å². The van der Waals surface area contributed by atoms with E-state index < -0.39 is 17.9 Å². The molecule has 1 aromatic heterocycles. The first-order chi connectivity index (χ1) is 16.7. The second kappa shape index (κ2) is 9.20. The minimum absolute atomic E-state index is 0.102. The Labute approximate surface area is 208 Å². The summed E-state index contributed by atoms with van der Waals surface area (Å²) < 4.78 is 5.79. The first kappa shape index (κ1) is 24.2. The van der Waals surface area contributed by atoms with E-state index in [0.29, 0.717) is 17.8 Å². The van der Waals surface area contributed by atoms with Crippen molar-refractivity contribution >= 4 is 17.4 Å². The minimum atomic E-state index is -0.791. The summed E-state index contributed by atoms with van der Waals surface area (Å²) >= 11 is 0. The Morgan fingerprint density at radius 3 is 2.69 bits per heavy atom. The molecule has 2 fully saturated rings. The summed E-state index contributed by atoms with van der Waals surface area (Å²) in [6.45, 7) is 4.94. The highest BCUT2D eigenvalue weighted by molar-refractivity contribution is 5.78. The van der Waals surface area contributed by atoms with Crippen molar-refractivity contribution < 1.29 is 14.3 Å². The van der Waals surface area contributed by atoms with Gasteiger partial charge in [0.1, 0.15) is 12.1 Å². The number of primary amides is 1. The Kier molecular flexibility index (Phi) is 6.37. The van der Waals surface area contributed by atoms with Crippen molar-refractivity contribution in [2.45, 2.75) is 83.8 Å². The molecule has 1 heterocycles. The average Bonchev–Trinajstić information content (AvgIpc) is 3.20. The van der Waals surface area contributed by atoms with Crippen LogP contribution in [0.25, 0.3) is 5.57 Å². The molecule has 35 heavy (non-hydrogen) atoms. The number of nitrogens with zero attached hydrogens (tertiary/aromatic N) is 1. The molecule has 0 bridgehead atoms. The van der Waals surface area contributed by atoms with Crippen LogP contribution in [0.3, 0.4) is 0 Å². The smallest absolute Gasteiger partial charge is 0.323 e. The monoisotopic (exact) mass is 477 g/mol. The van der Waals surface area contributed by atoms with Gasteiger partial charge >= 0.3 is 5.97 Å². The van der Waals surface area contributed by atoms with Crippen molar-refractivity contribution in [2.75, 3.05) is 0 Å². The summed E-state index contributed by atoms with van der Waals surface area (Å²) in [7, 11) is 0. The number of hydrogen-bond donors (Lipinski definition) is 2. The van der Waals surface area contributed by atoms with Crippen LogP contribution in [0.5, 0.6) is 0 Å². The standard InChI is InChI=1S/C29H39N3O3/c1-28-13-11-20(35-27(34)25(30)9-10-26(31)33)16-19(28)5-6-21-23-8-7-22(18-4-3-15-32-17-18)29(23,2)14-12-24(21)28/h3-5,7,15,17,20-21,23-25H,6,8-14,16,30H2,1-2H3,(H2,31,33)/t20-,21-,23-,24-,25+,28-,29+/m0/s1. The fourth-order valence-electron chi connectivity index (χ4n) is 7.93. The van der Waals surface area contributed by atoms with E-state index in [1.54, 1.807) is 0 Å². The number of rotatable bonds is 6. The van der Waals surface area contributed by atoms with Gasteiger partial charge in [-0.3, -0.25) is 14.6 Å². The second-order valence-electron chi connectivity index (χ2n) is 11.7. The fourth-order valence-corrected chi connectivity index (χ4v) is 7.93. The highest BCUT2D eigenvalue weighted by Crippen LogP contribution is 2.66. The number of pyridine rings is 1. The summed E-state index contributed by atoms with van der Waals surface area (Å²) in [6, 6.07) is 3.46. The number of allylic oxidation sites excluding steroid dienone is 3. The highest BCUT2D eigenvalue weighted by atomic mass is 16.5. The molecular formula is C29H39N3O3. The number of amides is 1. The molecule has 6 nitrogen and oxygen atoms in total. The lowest BCUT2D eigenvalue weighted by molar-refractivity contribution is -0.153. The van der Waals surface area contributed by atoms with Crippen LogP contribution in [-0.2, 0) is 14.3 Å². The highest BCUT2D eigenvalue weighted by Gasteiger charge is 2.57. The lowest BCUT2D eigenvalue weighted by Gasteiger charge is -2.57. The predicted molar refractivity (Wildman–Crippen MR) is 136 cm³/mol. The molecule has 5 rings (SSSR count). The lowest BCUT2D eigenvalue weighted by Crippen LogP contribution is -2.50. The van der Waals surface area contributed by atoms with Gasteiger partial charge in [0, 0.05) is 25.2 Å². The van der Waals surface area contributed by atoms with Gasteiger partial charge in [0.05, 0.1) is 0 Å². The maximum atomic E-state index is 12.5. The Bertz CT molecular complexity index is 1050. The molecule has 4 aliphatic rings. The van der Waals surface area contributed by atoms with Gasteiger partial charge in [-0.15, -0.1) is 0 Å². The Balaban J connectivity index is 1.28. The molecule has 4 N–H and O–H groups in total. The largest absolute Gasteiger partial charge is 0.461 e. The van der Waals surface area contributed by atoms with Crippen molar-refractivity contribution in [3.63, 3.8) is 0 Å². The molecular weight excluding hydrogens is 438 g/mol. The molecule has 6 heteroatoms. The van der Waals surface area contributed by atoms with Crippen LogP contribution in [0.2, 0.25) is 0 Å². The van der Waals surface area contributed by atoms with Crippen molar-refractivity contribution in [3.05, 3.63) is 47.8 Å². The number of carbonyl (C=O) groups excluding carboxylic acids is 2. The van der Waals surface area contributed by atoms with Gasteiger partial charge in [-0.1, -0.05) is 37.6 Å². The molecule has 0 saturated heterocycles. The Hall–Kier alpha value is -2.47. The maximum Gasteiger partial charge on any atom is 0.323 e. The number of fused-ring (bicyclic) bond motifs is 5. The molecule has 2 saturated carbocycles. The third kappa shape index (κ3) is 4.24. The normalized spacial score (nSPS) is 36.7. The molecule has 1 aromatic rings. The predicted octanol–water partition coefficient (Wildman–Crippen LogP) is 4.54. The molecule has 4 aliphatic carbocycles. The quantitative estimate of drug-likeness (QED) is 0.462. The van der Waals surface area contributed by atoms with Crippen molar-refractivity contribution in [1.29, 1.82) is 0 Å². The zero-order chi connectivity index (χ0) is 24.8. The number of esters is 1. The Morgan fingerprint density at radius 2 is 1.94 bits per heavy atom. The zero-order valence-corrected chi connectivity index (χ0v) is 21.0. The molecule has 188 valence electrons. The van der Waals surface area contributed by atoms with Gasteiger partial charge in [-0.05, 0) is 90.7 Å². The zero-order valence-electron chi connectivity index (χ0n) is 21.0. The molecule has 0 unspecified atom stereocenters. The van der Waals surface area contributed by atoms with E-state index in [0.717, 1.165) is 32.1 Å². The van der Waals surface area contributed by atoms with Crippen molar-refractivity contribution in [2.24, 2.45) is 40.1 Å². The van der Waals surface area contributed by atoms with Gasteiger partial charge in [0.2, 0.25) is 5.91 Å². The third-order valence-electron chi connectivity index (χ3n) is 9.90. The third-order valence-corrected chi connectivity index (χ3v) is 9.90. The van der Waals surface area contributed by atoms with E-state index in [-0.39, 0.29) is 29.8 Å². The van der Waals surface area contributed by atoms with Crippen LogP contribution in [0, 0.1) is 28.6 Å².